The molecule has 0 spiro atoms. The molecule has 5 nitrogen and oxygen atoms in total. The standard InChI is InChI=1S/C17H22N2O3/c1-17(2)16(18-17)19-10-13(9-14(19)15(20)21-3)22-11-12-7-5-4-6-8-12/h4-8,13-14H,9-11H2,1-3H3/t13-,14+/m1/s1. The normalized spacial score (nSPS) is 25.8. The van der Waals surface area contributed by atoms with Crippen molar-refractivity contribution in [3.63, 3.8) is 0 Å². The summed E-state index contributed by atoms with van der Waals surface area (Å²) in [5.74, 6) is 0.768. The number of carbonyl (C=O) groups is 1. The maximum Gasteiger partial charge on any atom is 0.328 e. The number of methoxy groups -OCH3 is 1. The van der Waals surface area contributed by atoms with Gasteiger partial charge in [0.05, 0.1) is 19.8 Å². The maximum absolute atomic E-state index is 12.0. The van der Waals surface area contributed by atoms with Crippen LogP contribution in [0.4, 0.5) is 0 Å². The molecule has 5 heteroatoms. The van der Waals surface area contributed by atoms with E-state index in [1.54, 1.807) is 0 Å². The van der Waals surface area contributed by atoms with Crippen molar-refractivity contribution in [3.8, 4) is 0 Å². The van der Waals surface area contributed by atoms with Crippen molar-refractivity contribution in [1.29, 1.82) is 0 Å². The predicted molar refractivity (Wildman–Crippen MR) is 83.7 cm³/mol. The van der Waals surface area contributed by atoms with Crippen LogP contribution in [0.1, 0.15) is 25.8 Å². The van der Waals surface area contributed by atoms with Crippen LogP contribution in [0.5, 0.6) is 0 Å². The van der Waals surface area contributed by atoms with Crippen molar-refractivity contribution < 1.29 is 14.3 Å². The summed E-state index contributed by atoms with van der Waals surface area (Å²) in [6.45, 7) is 5.35. The molecule has 0 N–H and O–H groups in total. The summed E-state index contributed by atoms with van der Waals surface area (Å²) in [7, 11) is 1.43. The molecule has 22 heavy (non-hydrogen) atoms. The molecule has 1 saturated heterocycles. The van der Waals surface area contributed by atoms with E-state index >= 15 is 0 Å². The molecule has 3 rings (SSSR count). The second kappa shape index (κ2) is 5.72. The SMILES string of the molecule is COC(=O)[C@@H]1C[C@@H](OCc2ccccc2)CN1C1=NC1(C)C. The van der Waals surface area contributed by atoms with Gasteiger partial charge in [0, 0.05) is 13.0 Å². The molecular formula is C17H22N2O3. The Bertz CT molecular complexity index is 583. The van der Waals surface area contributed by atoms with Gasteiger partial charge in [-0.2, -0.15) is 0 Å². The lowest BCUT2D eigenvalue weighted by Crippen LogP contribution is -2.41. The highest BCUT2D eigenvalue weighted by molar-refractivity contribution is 6.04. The van der Waals surface area contributed by atoms with E-state index in [2.05, 4.69) is 18.8 Å². The Kier molecular flexibility index (Phi) is 3.91. The Morgan fingerprint density at radius 1 is 1.36 bits per heavy atom. The van der Waals surface area contributed by atoms with E-state index in [1.165, 1.54) is 7.11 Å². The van der Waals surface area contributed by atoms with Crippen molar-refractivity contribution in [2.24, 2.45) is 4.99 Å². The van der Waals surface area contributed by atoms with Gasteiger partial charge < -0.3 is 14.4 Å². The van der Waals surface area contributed by atoms with Gasteiger partial charge in [0.15, 0.2) is 0 Å². The zero-order valence-corrected chi connectivity index (χ0v) is 13.3. The third-order valence-electron chi connectivity index (χ3n) is 4.22. The van der Waals surface area contributed by atoms with Crippen LogP contribution in [0.2, 0.25) is 0 Å². The summed E-state index contributed by atoms with van der Waals surface area (Å²) in [4.78, 5) is 18.5. The topological polar surface area (TPSA) is 51.1 Å². The first-order valence-corrected chi connectivity index (χ1v) is 7.61. The predicted octanol–water partition coefficient (Wildman–Crippen LogP) is 2.01. The minimum atomic E-state index is -0.286. The van der Waals surface area contributed by atoms with E-state index in [0.29, 0.717) is 19.6 Å². The van der Waals surface area contributed by atoms with Crippen molar-refractivity contribution >= 4 is 11.8 Å². The molecule has 0 radical (unpaired) electrons. The fourth-order valence-corrected chi connectivity index (χ4v) is 2.95. The molecule has 1 aromatic rings. The Hall–Kier alpha value is -1.88. The summed E-state index contributed by atoms with van der Waals surface area (Å²) in [5, 5.41) is 0. The van der Waals surface area contributed by atoms with Crippen molar-refractivity contribution in [1.82, 2.24) is 4.90 Å². The molecule has 0 amide bonds. The monoisotopic (exact) mass is 302 g/mol. The highest BCUT2D eigenvalue weighted by Crippen LogP contribution is 2.35. The smallest absolute Gasteiger partial charge is 0.328 e. The summed E-state index contributed by atoms with van der Waals surface area (Å²) < 4.78 is 10.9. The molecule has 2 heterocycles. The van der Waals surface area contributed by atoms with Crippen LogP contribution in [-0.2, 0) is 20.9 Å². The van der Waals surface area contributed by atoms with E-state index in [9.17, 15) is 4.79 Å². The molecule has 2 atom stereocenters. The number of aliphatic imine (C=N–C) groups is 1. The number of nitrogens with zero attached hydrogens (tertiary/aromatic N) is 2. The van der Waals surface area contributed by atoms with Crippen LogP contribution in [0.3, 0.4) is 0 Å². The molecular weight excluding hydrogens is 280 g/mol. The van der Waals surface area contributed by atoms with Gasteiger partial charge in [0.25, 0.3) is 0 Å². The molecule has 1 fully saturated rings. The lowest BCUT2D eigenvalue weighted by atomic mass is 10.1. The van der Waals surface area contributed by atoms with Gasteiger partial charge in [-0.05, 0) is 19.4 Å². The van der Waals surface area contributed by atoms with Crippen molar-refractivity contribution in [2.75, 3.05) is 13.7 Å². The van der Waals surface area contributed by atoms with Gasteiger partial charge in [0.1, 0.15) is 17.4 Å². The van der Waals surface area contributed by atoms with E-state index < -0.39 is 0 Å². The van der Waals surface area contributed by atoms with Gasteiger partial charge in [0.2, 0.25) is 0 Å². The Labute approximate surface area is 130 Å². The van der Waals surface area contributed by atoms with Gasteiger partial charge in [-0.25, -0.2) is 4.79 Å². The average Bonchev–Trinajstić information content (AvgIpc) is 2.97. The number of likely N-dealkylation sites (tertiary alicyclic amines) is 1. The molecule has 0 aliphatic carbocycles. The van der Waals surface area contributed by atoms with E-state index in [1.807, 2.05) is 35.2 Å². The lowest BCUT2D eigenvalue weighted by Gasteiger charge is -2.21. The molecule has 0 aromatic heterocycles. The van der Waals surface area contributed by atoms with Crippen LogP contribution >= 0.6 is 0 Å². The number of hydrogen-bond donors (Lipinski definition) is 0. The van der Waals surface area contributed by atoms with Gasteiger partial charge in [-0.3, -0.25) is 4.99 Å². The second-order valence-corrected chi connectivity index (χ2v) is 6.34. The summed E-state index contributed by atoms with van der Waals surface area (Å²) in [5.41, 5.74) is 0.986. The number of ether oxygens (including phenoxy) is 2. The molecule has 0 unspecified atom stereocenters. The molecule has 1 aromatic carbocycles. The third kappa shape index (κ3) is 2.99. The van der Waals surface area contributed by atoms with Crippen molar-refractivity contribution in [3.05, 3.63) is 35.9 Å². The molecule has 2 aliphatic heterocycles. The van der Waals surface area contributed by atoms with Crippen LogP contribution in [0.15, 0.2) is 35.3 Å². The van der Waals surface area contributed by atoms with Gasteiger partial charge in [-0.1, -0.05) is 30.3 Å². The molecule has 0 bridgehead atoms. The summed E-state index contributed by atoms with van der Waals surface area (Å²) in [6, 6.07) is 9.78. The van der Waals surface area contributed by atoms with Gasteiger partial charge in [-0.15, -0.1) is 0 Å². The molecule has 118 valence electrons. The largest absolute Gasteiger partial charge is 0.467 e. The van der Waals surface area contributed by atoms with E-state index in [0.717, 1.165) is 11.4 Å². The Balaban J connectivity index is 1.63. The fourth-order valence-electron chi connectivity index (χ4n) is 2.95. The van der Waals surface area contributed by atoms with E-state index in [-0.39, 0.29) is 23.7 Å². The van der Waals surface area contributed by atoms with Crippen molar-refractivity contribution in [2.45, 2.75) is 44.6 Å². The van der Waals surface area contributed by atoms with Crippen LogP contribution < -0.4 is 0 Å². The van der Waals surface area contributed by atoms with Gasteiger partial charge >= 0.3 is 5.97 Å². The number of hydrogen-bond acceptors (Lipinski definition) is 5. The fraction of sp³-hybridized carbons (Fsp3) is 0.529. The maximum atomic E-state index is 12.0. The van der Waals surface area contributed by atoms with Crippen LogP contribution in [0, 0.1) is 0 Å². The first kappa shape index (κ1) is 15.0. The highest BCUT2D eigenvalue weighted by atomic mass is 16.5. The first-order valence-electron chi connectivity index (χ1n) is 7.61. The minimum absolute atomic E-state index is 0.0170. The molecule has 0 saturated carbocycles. The third-order valence-corrected chi connectivity index (χ3v) is 4.22. The zero-order valence-electron chi connectivity index (χ0n) is 13.3. The number of amidine groups is 1. The summed E-state index contributed by atoms with van der Waals surface area (Å²) >= 11 is 0. The number of benzene rings is 1. The average molecular weight is 302 g/mol. The van der Waals surface area contributed by atoms with Crippen LogP contribution in [-0.4, -0.2) is 48.0 Å². The number of rotatable bonds is 4. The highest BCUT2D eigenvalue weighted by Gasteiger charge is 2.49. The lowest BCUT2D eigenvalue weighted by molar-refractivity contribution is -0.144. The number of carbonyl (C=O) groups excluding carboxylic acids is 1. The minimum Gasteiger partial charge on any atom is -0.467 e. The zero-order chi connectivity index (χ0) is 15.7. The summed E-state index contributed by atoms with van der Waals surface area (Å²) in [6.07, 6.45) is 0.664. The first-order chi connectivity index (χ1) is 10.5. The van der Waals surface area contributed by atoms with E-state index in [4.69, 9.17) is 9.47 Å². The second-order valence-electron chi connectivity index (χ2n) is 6.34. The quantitative estimate of drug-likeness (QED) is 0.798. The Morgan fingerprint density at radius 3 is 2.64 bits per heavy atom. The molecule has 2 aliphatic rings. The van der Waals surface area contributed by atoms with Crippen LogP contribution in [0.25, 0.3) is 0 Å². The Morgan fingerprint density at radius 2 is 2.05 bits per heavy atom. The number of esters is 1.